The monoisotopic (exact) mass is 240 g/mol. The summed E-state index contributed by atoms with van der Waals surface area (Å²) in [7, 11) is 0. The molecule has 0 unspecified atom stereocenters. The molecule has 0 aliphatic heterocycles. The number of nitrogens with one attached hydrogen (secondary N) is 1. The van der Waals surface area contributed by atoms with Crippen molar-refractivity contribution in [3.05, 3.63) is 0 Å². The lowest BCUT2D eigenvalue weighted by Gasteiger charge is -2.30. The molecule has 3 N–H and O–H groups in total. The summed E-state index contributed by atoms with van der Waals surface area (Å²) in [4.78, 5) is 13.6. The van der Waals surface area contributed by atoms with E-state index in [0.29, 0.717) is 26.1 Å². The predicted octanol–water partition coefficient (Wildman–Crippen LogP) is 0.323. The van der Waals surface area contributed by atoms with Crippen molar-refractivity contribution in [1.29, 1.82) is 5.26 Å². The first kappa shape index (κ1) is 15.9. The van der Waals surface area contributed by atoms with E-state index < -0.39 is 0 Å². The van der Waals surface area contributed by atoms with Crippen LogP contribution >= 0.6 is 0 Å². The molecule has 0 bridgehead atoms. The lowest BCUT2D eigenvalue weighted by molar-refractivity contribution is -0.122. The van der Waals surface area contributed by atoms with E-state index in [1.807, 2.05) is 13.0 Å². The molecule has 0 rings (SSSR count). The van der Waals surface area contributed by atoms with Gasteiger partial charge >= 0.3 is 0 Å². The summed E-state index contributed by atoms with van der Waals surface area (Å²) in [5.41, 5.74) is 5.69. The van der Waals surface area contributed by atoms with Crippen LogP contribution in [0.5, 0.6) is 0 Å². The van der Waals surface area contributed by atoms with Gasteiger partial charge in [0.15, 0.2) is 0 Å². The molecule has 17 heavy (non-hydrogen) atoms. The van der Waals surface area contributed by atoms with E-state index in [1.165, 1.54) is 0 Å². The molecular weight excluding hydrogens is 216 g/mol. The molecule has 1 amide bonds. The summed E-state index contributed by atoms with van der Waals surface area (Å²) < 4.78 is 0. The lowest BCUT2D eigenvalue weighted by Crippen LogP contribution is -2.43. The fourth-order valence-electron chi connectivity index (χ4n) is 1.47. The Morgan fingerprint density at radius 1 is 1.53 bits per heavy atom. The van der Waals surface area contributed by atoms with Gasteiger partial charge in [-0.3, -0.25) is 9.69 Å². The number of amides is 1. The van der Waals surface area contributed by atoms with Gasteiger partial charge in [0.25, 0.3) is 0 Å². The Morgan fingerprint density at radius 2 is 2.18 bits per heavy atom. The van der Waals surface area contributed by atoms with Crippen molar-refractivity contribution in [3.63, 3.8) is 0 Å². The van der Waals surface area contributed by atoms with Gasteiger partial charge < -0.3 is 11.1 Å². The summed E-state index contributed by atoms with van der Waals surface area (Å²) in [6.07, 6.45) is 0.353. The van der Waals surface area contributed by atoms with Gasteiger partial charge in [0, 0.05) is 13.1 Å². The summed E-state index contributed by atoms with van der Waals surface area (Å²) in [6.45, 7) is 9.19. The van der Waals surface area contributed by atoms with Crippen molar-refractivity contribution in [1.82, 2.24) is 10.2 Å². The standard InChI is InChI=1S/C12H24N4O/c1-4-16(10-12(2,3)9-14)8-11(17)15-7-5-6-13/h4-5,7-10,14H2,1-3H3,(H,15,17). The Hall–Kier alpha value is -1.12. The first-order chi connectivity index (χ1) is 7.95. The van der Waals surface area contributed by atoms with Crippen molar-refractivity contribution >= 4 is 5.91 Å². The second kappa shape index (κ2) is 8.04. The number of carbonyl (C=O) groups excluding carboxylic acids is 1. The molecule has 0 aromatic rings. The predicted molar refractivity (Wildman–Crippen MR) is 68.2 cm³/mol. The third-order valence-electron chi connectivity index (χ3n) is 2.58. The molecule has 0 aromatic heterocycles. The van der Waals surface area contributed by atoms with E-state index in [0.717, 1.165) is 13.1 Å². The Morgan fingerprint density at radius 3 is 2.65 bits per heavy atom. The third-order valence-corrected chi connectivity index (χ3v) is 2.58. The molecule has 0 saturated carbocycles. The van der Waals surface area contributed by atoms with Gasteiger partial charge in [0.2, 0.25) is 5.91 Å². The van der Waals surface area contributed by atoms with Crippen LogP contribution < -0.4 is 11.1 Å². The van der Waals surface area contributed by atoms with Gasteiger partial charge in [-0.05, 0) is 18.5 Å². The average Bonchev–Trinajstić information content (AvgIpc) is 2.28. The summed E-state index contributed by atoms with van der Waals surface area (Å²) in [5, 5.41) is 11.1. The molecular formula is C12H24N4O. The molecule has 98 valence electrons. The number of nitrogens with two attached hydrogens (primary N) is 1. The highest BCUT2D eigenvalue weighted by Gasteiger charge is 2.20. The van der Waals surface area contributed by atoms with Crippen LogP contribution in [-0.4, -0.2) is 43.5 Å². The molecule has 0 atom stereocenters. The normalized spacial score (nSPS) is 11.3. The zero-order valence-corrected chi connectivity index (χ0v) is 11.1. The lowest BCUT2D eigenvalue weighted by atomic mass is 9.93. The fourth-order valence-corrected chi connectivity index (χ4v) is 1.47. The van der Waals surface area contributed by atoms with E-state index in [4.69, 9.17) is 11.0 Å². The second-order valence-corrected chi connectivity index (χ2v) is 4.93. The molecule has 0 aliphatic carbocycles. The van der Waals surface area contributed by atoms with Crippen LogP contribution in [-0.2, 0) is 4.79 Å². The SMILES string of the molecule is CCN(CC(=O)NCCC#N)CC(C)(C)CN. The first-order valence-electron chi connectivity index (χ1n) is 6.01. The van der Waals surface area contributed by atoms with E-state index in [2.05, 4.69) is 24.1 Å². The number of rotatable bonds is 8. The highest BCUT2D eigenvalue weighted by molar-refractivity contribution is 5.77. The van der Waals surface area contributed by atoms with Crippen LogP contribution in [0.4, 0.5) is 0 Å². The maximum absolute atomic E-state index is 11.6. The maximum atomic E-state index is 11.6. The fraction of sp³-hybridized carbons (Fsp3) is 0.833. The largest absolute Gasteiger partial charge is 0.354 e. The van der Waals surface area contributed by atoms with Crippen LogP contribution in [0.2, 0.25) is 0 Å². The molecule has 0 spiro atoms. The third kappa shape index (κ3) is 7.72. The second-order valence-electron chi connectivity index (χ2n) is 4.93. The minimum atomic E-state index is -0.0325. The number of nitriles is 1. The summed E-state index contributed by atoms with van der Waals surface area (Å²) in [6, 6.07) is 1.99. The molecule has 0 radical (unpaired) electrons. The van der Waals surface area contributed by atoms with E-state index >= 15 is 0 Å². The Labute approximate surface area is 104 Å². The Balaban J connectivity index is 4.05. The van der Waals surface area contributed by atoms with Gasteiger partial charge in [-0.2, -0.15) is 5.26 Å². The number of nitrogens with zero attached hydrogens (tertiary/aromatic N) is 2. The quantitative estimate of drug-likeness (QED) is 0.599. The first-order valence-corrected chi connectivity index (χ1v) is 6.01. The Bertz CT molecular complexity index is 270. The molecule has 0 aliphatic rings. The van der Waals surface area contributed by atoms with Crippen molar-refractivity contribution < 1.29 is 4.79 Å². The van der Waals surface area contributed by atoms with Crippen molar-refractivity contribution in [2.24, 2.45) is 11.1 Å². The molecule has 5 nitrogen and oxygen atoms in total. The van der Waals surface area contributed by atoms with Gasteiger partial charge in [-0.1, -0.05) is 20.8 Å². The highest BCUT2D eigenvalue weighted by Crippen LogP contribution is 2.14. The zero-order valence-electron chi connectivity index (χ0n) is 11.1. The topological polar surface area (TPSA) is 82.2 Å². The van der Waals surface area contributed by atoms with Gasteiger partial charge in [-0.15, -0.1) is 0 Å². The smallest absolute Gasteiger partial charge is 0.234 e. The molecule has 5 heteroatoms. The van der Waals surface area contributed by atoms with E-state index in [9.17, 15) is 4.79 Å². The molecule has 0 fully saturated rings. The number of hydrogen-bond acceptors (Lipinski definition) is 4. The van der Waals surface area contributed by atoms with Crippen LogP contribution in [0.1, 0.15) is 27.2 Å². The van der Waals surface area contributed by atoms with E-state index in [-0.39, 0.29) is 11.3 Å². The summed E-state index contributed by atoms with van der Waals surface area (Å²) >= 11 is 0. The van der Waals surface area contributed by atoms with Crippen LogP contribution in [0.25, 0.3) is 0 Å². The summed E-state index contributed by atoms with van der Waals surface area (Å²) in [5.74, 6) is -0.0325. The van der Waals surface area contributed by atoms with Crippen LogP contribution in [0, 0.1) is 16.7 Å². The Kier molecular flexibility index (Phi) is 7.51. The number of carbonyl (C=O) groups is 1. The van der Waals surface area contributed by atoms with Crippen molar-refractivity contribution in [3.8, 4) is 6.07 Å². The van der Waals surface area contributed by atoms with Gasteiger partial charge in [0.1, 0.15) is 0 Å². The highest BCUT2D eigenvalue weighted by atomic mass is 16.2. The van der Waals surface area contributed by atoms with Gasteiger partial charge in [-0.25, -0.2) is 0 Å². The number of hydrogen-bond donors (Lipinski definition) is 2. The minimum Gasteiger partial charge on any atom is -0.354 e. The molecule has 0 heterocycles. The molecule has 0 saturated heterocycles. The maximum Gasteiger partial charge on any atom is 0.234 e. The van der Waals surface area contributed by atoms with Crippen LogP contribution in [0.3, 0.4) is 0 Å². The van der Waals surface area contributed by atoms with Crippen molar-refractivity contribution in [2.45, 2.75) is 27.2 Å². The van der Waals surface area contributed by atoms with Crippen molar-refractivity contribution in [2.75, 3.05) is 32.7 Å². The molecule has 0 aromatic carbocycles. The van der Waals surface area contributed by atoms with Gasteiger partial charge in [0.05, 0.1) is 19.0 Å². The van der Waals surface area contributed by atoms with E-state index in [1.54, 1.807) is 0 Å². The average molecular weight is 240 g/mol. The van der Waals surface area contributed by atoms with Crippen LogP contribution in [0.15, 0.2) is 0 Å². The zero-order chi connectivity index (χ0) is 13.3. The minimum absolute atomic E-state index is 0.0168. The number of likely N-dealkylation sites (N-methyl/N-ethyl adjacent to an activating group) is 1.